The van der Waals surface area contributed by atoms with Crippen molar-refractivity contribution in [1.82, 2.24) is 9.88 Å². The molecule has 2 aliphatic carbocycles. The average molecular weight is 361 g/mol. The monoisotopic (exact) mass is 361 g/mol. The predicted octanol–water partition coefficient (Wildman–Crippen LogP) is 2.37. The molecular formula is C21H19N3O3. The molecule has 1 N–H and O–H groups in total. The number of imide groups is 1. The molecule has 3 amide bonds. The van der Waals surface area contributed by atoms with Crippen LogP contribution in [0.25, 0.3) is 10.9 Å². The van der Waals surface area contributed by atoms with Crippen LogP contribution in [0.3, 0.4) is 0 Å². The van der Waals surface area contributed by atoms with E-state index in [-0.39, 0.29) is 41.4 Å². The quantitative estimate of drug-likeness (QED) is 0.672. The molecule has 0 unspecified atom stereocenters. The van der Waals surface area contributed by atoms with Crippen LogP contribution in [0.5, 0.6) is 0 Å². The molecule has 3 aliphatic rings. The summed E-state index contributed by atoms with van der Waals surface area (Å²) >= 11 is 0. The topological polar surface area (TPSA) is 79.4 Å². The van der Waals surface area contributed by atoms with Crippen molar-refractivity contribution >= 4 is 34.3 Å². The Bertz CT molecular complexity index is 985. The van der Waals surface area contributed by atoms with Crippen LogP contribution in [0, 0.1) is 23.7 Å². The lowest BCUT2D eigenvalue weighted by molar-refractivity contribution is -0.146. The lowest BCUT2D eigenvalue weighted by atomic mass is 9.85. The molecule has 0 radical (unpaired) electrons. The van der Waals surface area contributed by atoms with Gasteiger partial charge in [0.05, 0.1) is 17.4 Å². The maximum Gasteiger partial charge on any atom is 0.247 e. The van der Waals surface area contributed by atoms with E-state index < -0.39 is 6.04 Å². The van der Waals surface area contributed by atoms with E-state index in [1.807, 2.05) is 36.4 Å². The van der Waals surface area contributed by atoms with Gasteiger partial charge in [0.25, 0.3) is 0 Å². The minimum Gasteiger partial charge on any atom is -0.324 e. The van der Waals surface area contributed by atoms with Crippen LogP contribution in [-0.4, -0.2) is 33.6 Å². The highest BCUT2D eigenvalue weighted by Crippen LogP contribution is 2.52. The van der Waals surface area contributed by atoms with Crippen LogP contribution in [0.2, 0.25) is 0 Å². The average Bonchev–Trinajstić information content (AvgIpc) is 3.35. The Labute approximate surface area is 156 Å². The molecule has 5 rings (SSSR count). The Kier molecular flexibility index (Phi) is 3.44. The van der Waals surface area contributed by atoms with E-state index in [1.54, 1.807) is 19.2 Å². The van der Waals surface area contributed by atoms with E-state index in [1.165, 1.54) is 4.90 Å². The van der Waals surface area contributed by atoms with Gasteiger partial charge in [-0.15, -0.1) is 0 Å². The van der Waals surface area contributed by atoms with E-state index >= 15 is 0 Å². The second-order valence-electron chi connectivity index (χ2n) is 7.62. The fourth-order valence-electron chi connectivity index (χ4n) is 4.82. The summed E-state index contributed by atoms with van der Waals surface area (Å²) in [6.45, 7) is 1.62. The van der Waals surface area contributed by atoms with Crippen molar-refractivity contribution in [3.05, 3.63) is 48.7 Å². The van der Waals surface area contributed by atoms with Gasteiger partial charge >= 0.3 is 0 Å². The molecule has 6 nitrogen and oxygen atoms in total. The van der Waals surface area contributed by atoms with Crippen LogP contribution in [0.1, 0.15) is 13.3 Å². The van der Waals surface area contributed by atoms with E-state index in [2.05, 4.69) is 10.3 Å². The Morgan fingerprint density at radius 1 is 1.15 bits per heavy atom. The van der Waals surface area contributed by atoms with E-state index in [0.29, 0.717) is 5.69 Å². The van der Waals surface area contributed by atoms with Crippen molar-refractivity contribution in [2.75, 3.05) is 5.32 Å². The zero-order valence-corrected chi connectivity index (χ0v) is 14.8. The van der Waals surface area contributed by atoms with Crippen molar-refractivity contribution < 1.29 is 14.4 Å². The number of likely N-dealkylation sites (tertiary alicyclic amines) is 1. The van der Waals surface area contributed by atoms with Crippen molar-refractivity contribution in [2.45, 2.75) is 19.4 Å². The number of carbonyl (C=O) groups is 3. The van der Waals surface area contributed by atoms with E-state index in [9.17, 15) is 14.4 Å². The number of amides is 3. The molecule has 27 heavy (non-hydrogen) atoms. The normalized spacial score (nSPS) is 29.4. The van der Waals surface area contributed by atoms with Crippen LogP contribution in [0.15, 0.2) is 48.7 Å². The van der Waals surface area contributed by atoms with Gasteiger partial charge in [0.2, 0.25) is 17.7 Å². The third-order valence-electron chi connectivity index (χ3n) is 6.14. The standard InChI is InChI=1S/C21H19N3O3/c1-11(19(25)23-15-6-7-16-12(10-15)3-2-8-22-16)24-20(26)17-13-4-5-14(9-13)18(17)21(24)27/h2-8,10-11,13-14,17-18H,9H2,1H3,(H,23,25)/t11-,13-,14-,17-,18+/m0/s1. The summed E-state index contributed by atoms with van der Waals surface area (Å²) in [6, 6.07) is 8.35. The van der Waals surface area contributed by atoms with Crippen molar-refractivity contribution in [2.24, 2.45) is 23.7 Å². The third kappa shape index (κ3) is 2.32. The van der Waals surface area contributed by atoms with E-state index in [0.717, 1.165) is 17.3 Å². The molecular weight excluding hydrogens is 342 g/mol. The van der Waals surface area contributed by atoms with Crippen molar-refractivity contribution in [3.8, 4) is 0 Å². The number of aromatic nitrogens is 1. The number of anilines is 1. The van der Waals surface area contributed by atoms with Gasteiger partial charge in [-0.25, -0.2) is 0 Å². The SMILES string of the molecule is C[C@@H](C(=O)Nc1ccc2ncccc2c1)N1C(=O)[C@@H]2[C@H](C1=O)[C@H]1C=C[C@H]2C1. The first-order chi connectivity index (χ1) is 13.0. The maximum atomic E-state index is 12.8. The Morgan fingerprint density at radius 3 is 2.56 bits per heavy atom. The van der Waals surface area contributed by atoms with Gasteiger partial charge in [0, 0.05) is 17.3 Å². The summed E-state index contributed by atoms with van der Waals surface area (Å²) in [6.07, 6.45) is 6.70. The molecule has 136 valence electrons. The molecule has 2 fully saturated rings. The van der Waals surface area contributed by atoms with Gasteiger partial charge in [-0.05, 0) is 49.4 Å². The first-order valence-electron chi connectivity index (χ1n) is 9.25. The largest absolute Gasteiger partial charge is 0.324 e. The second-order valence-corrected chi connectivity index (χ2v) is 7.62. The Hall–Kier alpha value is -3.02. The van der Waals surface area contributed by atoms with Crippen LogP contribution < -0.4 is 5.32 Å². The van der Waals surface area contributed by atoms with E-state index in [4.69, 9.17) is 0 Å². The zero-order chi connectivity index (χ0) is 18.7. The molecule has 2 aromatic rings. The number of nitrogens with one attached hydrogen (secondary N) is 1. The van der Waals surface area contributed by atoms with Crippen LogP contribution >= 0.6 is 0 Å². The number of hydrogen-bond donors (Lipinski definition) is 1. The predicted molar refractivity (Wildman–Crippen MR) is 99.4 cm³/mol. The van der Waals surface area contributed by atoms with Crippen molar-refractivity contribution in [3.63, 3.8) is 0 Å². The minimum absolute atomic E-state index is 0.143. The van der Waals surface area contributed by atoms with Crippen LogP contribution in [-0.2, 0) is 14.4 Å². The highest BCUT2D eigenvalue weighted by molar-refractivity contribution is 6.10. The fraction of sp³-hybridized carbons (Fsp3) is 0.333. The van der Waals surface area contributed by atoms with Crippen molar-refractivity contribution in [1.29, 1.82) is 0 Å². The summed E-state index contributed by atoms with van der Waals surface area (Å²) in [5.41, 5.74) is 1.46. The molecule has 1 aliphatic heterocycles. The Balaban J connectivity index is 1.36. The number of rotatable bonds is 3. The Morgan fingerprint density at radius 2 is 1.85 bits per heavy atom. The summed E-state index contributed by atoms with van der Waals surface area (Å²) in [5.74, 6) is -1.04. The summed E-state index contributed by atoms with van der Waals surface area (Å²) in [7, 11) is 0. The lowest BCUT2D eigenvalue weighted by Crippen LogP contribution is -2.46. The second kappa shape index (κ2) is 5.74. The molecule has 2 bridgehead atoms. The summed E-state index contributed by atoms with van der Waals surface area (Å²) in [5, 5.41) is 3.74. The number of benzene rings is 1. The molecule has 1 saturated carbocycles. The highest BCUT2D eigenvalue weighted by Gasteiger charge is 2.60. The highest BCUT2D eigenvalue weighted by atomic mass is 16.2. The molecule has 5 atom stereocenters. The first kappa shape index (κ1) is 16.2. The number of nitrogens with zero attached hydrogens (tertiary/aromatic N) is 2. The minimum atomic E-state index is -0.834. The van der Waals surface area contributed by atoms with Crippen LogP contribution in [0.4, 0.5) is 5.69 Å². The fourth-order valence-corrected chi connectivity index (χ4v) is 4.82. The zero-order valence-electron chi connectivity index (χ0n) is 14.8. The third-order valence-corrected chi connectivity index (χ3v) is 6.14. The smallest absolute Gasteiger partial charge is 0.247 e. The number of pyridine rings is 1. The lowest BCUT2D eigenvalue weighted by Gasteiger charge is -2.23. The first-order valence-corrected chi connectivity index (χ1v) is 9.25. The van der Waals surface area contributed by atoms with Gasteiger partial charge in [-0.2, -0.15) is 0 Å². The maximum absolute atomic E-state index is 12.8. The number of carbonyl (C=O) groups excluding carboxylic acids is 3. The van der Waals surface area contributed by atoms with Gasteiger partial charge in [-0.1, -0.05) is 18.2 Å². The summed E-state index contributed by atoms with van der Waals surface area (Å²) in [4.78, 5) is 43.9. The van der Waals surface area contributed by atoms with Gasteiger partial charge in [-0.3, -0.25) is 24.3 Å². The number of hydrogen-bond acceptors (Lipinski definition) is 4. The molecule has 1 saturated heterocycles. The van der Waals surface area contributed by atoms with Gasteiger partial charge < -0.3 is 5.32 Å². The molecule has 1 aromatic heterocycles. The van der Waals surface area contributed by atoms with Gasteiger partial charge in [0.15, 0.2) is 0 Å². The molecule has 0 spiro atoms. The van der Waals surface area contributed by atoms with Gasteiger partial charge in [0.1, 0.15) is 6.04 Å². The summed E-state index contributed by atoms with van der Waals surface area (Å²) < 4.78 is 0. The number of fused-ring (bicyclic) bond motifs is 6. The molecule has 1 aromatic carbocycles. The number of allylic oxidation sites excluding steroid dienone is 2. The molecule has 6 heteroatoms. The molecule has 2 heterocycles.